The highest BCUT2D eigenvalue weighted by atomic mass is 15.3. The molecular weight excluding hydrogens is 234 g/mol. The zero-order valence-electron chi connectivity index (χ0n) is 12.3. The first-order chi connectivity index (χ1) is 9.31. The number of nitrogens with one attached hydrogen (secondary N) is 1. The molecule has 3 heteroatoms. The van der Waals surface area contributed by atoms with Gasteiger partial charge in [0.1, 0.15) is 0 Å². The summed E-state index contributed by atoms with van der Waals surface area (Å²) in [6.07, 6.45) is 1.25. The lowest BCUT2D eigenvalue weighted by molar-refractivity contribution is 0.188. The first-order valence-corrected chi connectivity index (χ1v) is 7.56. The van der Waals surface area contributed by atoms with Gasteiger partial charge in [-0.2, -0.15) is 0 Å². The summed E-state index contributed by atoms with van der Waals surface area (Å²) in [5, 5.41) is 3.42. The SMILES string of the molecule is CCNCCC(C)N1CCN(c2ccccc2)CC1. The topological polar surface area (TPSA) is 18.5 Å². The van der Waals surface area contributed by atoms with Crippen molar-refractivity contribution in [3.05, 3.63) is 30.3 Å². The first-order valence-electron chi connectivity index (χ1n) is 7.56. The molecule has 106 valence electrons. The predicted octanol–water partition coefficient (Wildman–Crippen LogP) is 2.20. The van der Waals surface area contributed by atoms with Crippen LogP contribution < -0.4 is 10.2 Å². The molecule has 0 bridgehead atoms. The molecule has 0 spiro atoms. The van der Waals surface area contributed by atoms with Gasteiger partial charge in [-0.3, -0.25) is 4.90 Å². The highest BCUT2D eigenvalue weighted by Crippen LogP contribution is 2.17. The van der Waals surface area contributed by atoms with Gasteiger partial charge in [0.15, 0.2) is 0 Å². The lowest BCUT2D eigenvalue weighted by Crippen LogP contribution is -2.50. The van der Waals surface area contributed by atoms with Crippen LogP contribution in [0.3, 0.4) is 0 Å². The van der Waals surface area contributed by atoms with Crippen molar-refractivity contribution in [3.8, 4) is 0 Å². The first kappa shape index (κ1) is 14.4. The van der Waals surface area contributed by atoms with Gasteiger partial charge >= 0.3 is 0 Å². The molecule has 1 aromatic carbocycles. The van der Waals surface area contributed by atoms with Gasteiger partial charge in [-0.05, 0) is 38.6 Å². The summed E-state index contributed by atoms with van der Waals surface area (Å²) >= 11 is 0. The number of rotatable bonds is 6. The number of anilines is 1. The summed E-state index contributed by atoms with van der Waals surface area (Å²) in [7, 11) is 0. The fourth-order valence-corrected chi connectivity index (χ4v) is 2.73. The van der Waals surface area contributed by atoms with E-state index in [1.54, 1.807) is 0 Å². The number of para-hydroxylation sites is 1. The van der Waals surface area contributed by atoms with Crippen LogP contribution in [0.5, 0.6) is 0 Å². The van der Waals surface area contributed by atoms with E-state index < -0.39 is 0 Å². The van der Waals surface area contributed by atoms with Gasteiger partial charge in [0.2, 0.25) is 0 Å². The van der Waals surface area contributed by atoms with E-state index in [0.717, 1.165) is 26.2 Å². The van der Waals surface area contributed by atoms with Crippen molar-refractivity contribution in [1.82, 2.24) is 10.2 Å². The molecule has 0 amide bonds. The van der Waals surface area contributed by atoms with Crippen LogP contribution in [0.1, 0.15) is 20.3 Å². The van der Waals surface area contributed by atoms with E-state index in [9.17, 15) is 0 Å². The van der Waals surface area contributed by atoms with Crippen LogP contribution in [0.25, 0.3) is 0 Å². The smallest absolute Gasteiger partial charge is 0.0367 e. The van der Waals surface area contributed by atoms with E-state index in [1.165, 1.54) is 25.2 Å². The van der Waals surface area contributed by atoms with E-state index >= 15 is 0 Å². The molecule has 0 saturated carbocycles. The number of piperazine rings is 1. The Morgan fingerprint density at radius 1 is 1.11 bits per heavy atom. The van der Waals surface area contributed by atoms with Gasteiger partial charge in [0.25, 0.3) is 0 Å². The predicted molar refractivity (Wildman–Crippen MR) is 82.9 cm³/mol. The fourth-order valence-electron chi connectivity index (χ4n) is 2.73. The Kier molecular flexibility index (Phi) is 5.67. The molecule has 1 aliphatic heterocycles. The lowest BCUT2D eigenvalue weighted by Gasteiger charge is -2.39. The molecule has 1 aliphatic rings. The molecule has 1 unspecified atom stereocenters. The highest BCUT2D eigenvalue weighted by molar-refractivity contribution is 5.46. The summed E-state index contributed by atoms with van der Waals surface area (Å²) in [4.78, 5) is 5.12. The normalized spacial score (nSPS) is 18.5. The molecule has 0 aromatic heterocycles. The Morgan fingerprint density at radius 2 is 1.79 bits per heavy atom. The third kappa shape index (κ3) is 4.22. The van der Waals surface area contributed by atoms with Crippen molar-refractivity contribution in [1.29, 1.82) is 0 Å². The molecule has 19 heavy (non-hydrogen) atoms. The molecule has 1 atom stereocenters. The van der Waals surface area contributed by atoms with E-state index in [0.29, 0.717) is 6.04 Å². The third-order valence-corrected chi connectivity index (χ3v) is 4.05. The Morgan fingerprint density at radius 3 is 2.42 bits per heavy atom. The van der Waals surface area contributed by atoms with E-state index in [-0.39, 0.29) is 0 Å². The number of hydrogen-bond donors (Lipinski definition) is 1. The van der Waals surface area contributed by atoms with Crippen LogP contribution in [-0.2, 0) is 0 Å². The van der Waals surface area contributed by atoms with Gasteiger partial charge < -0.3 is 10.2 Å². The summed E-state index contributed by atoms with van der Waals surface area (Å²) in [5.41, 5.74) is 1.36. The van der Waals surface area contributed by atoms with Crippen molar-refractivity contribution >= 4 is 5.69 Å². The highest BCUT2D eigenvalue weighted by Gasteiger charge is 2.20. The van der Waals surface area contributed by atoms with E-state index in [2.05, 4.69) is 59.3 Å². The van der Waals surface area contributed by atoms with Gasteiger partial charge in [0.05, 0.1) is 0 Å². The lowest BCUT2D eigenvalue weighted by atomic mass is 10.1. The van der Waals surface area contributed by atoms with E-state index in [1.807, 2.05) is 0 Å². The largest absolute Gasteiger partial charge is 0.369 e. The molecule has 0 aliphatic carbocycles. The minimum absolute atomic E-state index is 0.692. The summed E-state index contributed by atoms with van der Waals surface area (Å²) in [5.74, 6) is 0. The van der Waals surface area contributed by atoms with Crippen molar-refractivity contribution in [3.63, 3.8) is 0 Å². The van der Waals surface area contributed by atoms with Crippen molar-refractivity contribution < 1.29 is 0 Å². The second kappa shape index (κ2) is 7.51. The van der Waals surface area contributed by atoms with Gasteiger partial charge in [-0.15, -0.1) is 0 Å². The van der Waals surface area contributed by atoms with Crippen LogP contribution in [0.15, 0.2) is 30.3 Å². The monoisotopic (exact) mass is 261 g/mol. The number of hydrogen-bond acceptors (Lipinski definition) is 3. The van der Waals surface area contributed by atoms with Crippen molar-refractivity contribution in [2.24, 2.45) is 0 Å². The average Bonchev–Trinajstić information content (AvgIpc) is 2.48. The maximum atomic E-state index is 3.42. The minimum Gasteiger partial charge on any atom is -0.369 e. The zero-order valence-corrected chi connectivity index (χ0v) is 12.3. The Hall–Kier alpha value is -1.06. The molecule has 1 aromatic rings. The molecule has 3 nitrogen and oxygen atoms in total. The Labute approximate surface area is 117 Å². The summed E-state index contributed by atoms with van der Waals surface area (Å²) in [6, 6.07) is 11.5. The number of nitrogens with zero attached hydrogens (tertiary/aromatic N) is 2. The van der Waals surface area contributed by atoms with Crippen molar-refractivity contribution in [2.45, 2.75) is 26.3 Å². The summed E-state index contributed by atoms with van der Waals surface area (Å²) < 4.78 is 0. The number of benzene rings is 1. The van der Waals surface area contributed by atoms with Crippen LogP contribution in [0.4, 0.5) is 5.69 Å². The minimum atomic E-state index is 0.692. The molecule has 1 N–H and O–H groups in total. The fraction of sp³-hybridized carbons (Fsp3) is 0.625. The zero-order chi connectivity index (χ0) is 13.5. The van der Waals surface area contributed by atoms with E-state index in [4.69, 9.17) is 0 Å². The Bertz CT molecular complexity index is 344. The molecule has 1 saturated heterocycles. The second-order valence-corrected chi connectivity index (χ2v) is 5.35. The average molecular weight is 261 g/mol. The van der Waals surface area contributed by atoms with Gasteiger partial charge in [-0.25, -0.2) is 0 Å². The van der Waals surface area contributed by atoms with Crippen LogP contribution >= 0.6 is 0 Å². The third-order valence-electron chi connectivity index (χ3n) is 4.05. The molecular formula is C16H27N3. The maximum absolute atomic E-state index is 3.42. The standard InChI is InChI=1S/C16H27N3/c1-3-17-10-9-15(2)18-11-13-19(14-12-18)16-7-5-4-6-8-16/h4-8,15,17H,3,9-14H2,1-2H3. The molecule has 1 heterocycles. The van der Waals surface area contributed by atoms with Crippen molar-refractivity contribution in [2.75, 3.05) is 44.2 Å². The second-order valence-electron chi connectivity index (χ2n) is 5.35. The van der Waals surface area contributed by atoms with Crippen LogP contribution in [0.2, 0.25) is 0 Å². The quantitative estimate of drug-likeness (QED) is 0.792. The van der Waals surface area contributed by atoms with Crippen LogP contribution in [0, 0.1) is 0 Å². The molecule has 2 rings (SSSR count). The summed E-state index contributed by atoms with van der Waals surface area (Å²) in [6.45, 7) is 11.4. The van der Waals surface area contributed by atoms with Gasteiger partial charge in [0, 0.05) is 37.9 Å². The van der Waals surface area contributed by atoms with Gasteiger partial charge in [-0.1, -0.05) is 25.1 Å². The molecule has 1 fully saturated rings. The maximum Gasteiger partial charge on any atom is 0.0367 e. The molecule has 0 radical (unpaired) electrons. The van der Waals surface area contributed by atoms with Crippen LogP contribution in [-0.4, -0.2) is 50.2 Å². The Balaban J connectivity index is 1.76.